The summed E-state index contributed by atoms with van der Waals surface area (Å²) in [4.78, 5) is 16.5. The van der Waals surface area contributed by atoms with Gasteiger partial charge < -0.3 is 19.4 Å². The number of imidazole rings is 1. The lowest BCUT2D eigenvalue weighted by Gasteiger charge is -2.13. The zero-order valence-corrected chi connectivity index (χ0v) is 17.9. The first-order valence-corrected chi connectivity index (χ1v) is 10.8. The molecule has 6 nitrogen and oxygen atoms in total. The van der Waals surface area contributed by atoms with Crippen molar-refractivity contribution in [2.75, 3.05) is 19.8 Å². The Morgan fingerprint density at radius 2 is 1.77 bits per heavy atom. The Balaban J connectivity index is 1.64. The van der Waals surface area contributed by atoms with Crippen molar-refractivity contribution < 1.29 is 14.3 Å². The van der Waals surface area contributed by atoms with Crippen molar-refractivity contribution in [2.45, 2.75) is 46.1 Å². The molecule has 0 atom stereocenters. The first kappa shape index (κ1) is 21.7. The highest BCUT2D eigenvalue weighted by Crippen LogP contribution is 2.26. The largest absolute Gasteiger partial charge is 0.490 e. The van der Waals surface area contributed by atoms with E-state index in [-0.39, 0.29) is 5.91 Å². The number of ether oxygens (including phenoxy) is 2. The summed E-state index contributed by atoms with van der Waals surface area (Å²) in [5.41, 5.74) is 2.08. The summed E-state index contributed by atoms with van der Waals surface area (Å²) in [5.74, 6) is 2.65. The van der Waals surface area contributed by atoms with Crippen molar-refractivity contribution in [3.05, 3.63) is 54.4 Å². The van der Waals surface area contributed by atoms with E-state index in [9.17, 15) is 4.79 Å². The highest BCUT2D eigenvalue weighted by Gasteiger charge is 2.11. The number of nitrogens with zero attached hydrogens (tertiary/aromatic N) is 2. The summed E-state index contributed by atoms with van der Waals surface area (Å²) in [6, 6.07) is 15.9. The molecule has 0 unspecified atom stereocenters. The van der Waals surface area contributed by atoms with Gasteiger partial charge in [0.1, 0.15) is 12.4 Å². The number of nitrogens with one attached hydrogen (secondary N) is 1. The van der Waals surface area contributed by atoms with Crippen molar-refractivity contribution in [2.24, 2.45) is 0 Å². The normalized spacial score (nSPS) is 10.9. The monoisotopic (exact) mass is 409 g/mol. The van der Waals surface area contributed by atoms with Crippen LogP contribution in [0.15, 0.2) is 48.5 Å². The van der Waals surface area contributed by atoms with E-state index in [1.165, 1.54) is 0 Å². The Morgan fingerprint density at radius 3 is 2.53 bits per heavy atom. The van der Waals surface area contributed by atoms with E-state index >= 15 is 0 Å². The molecule has 6 heteroatoms. The molecule has 0 aliphatic rings. The van der Waals surface area contributed by atoms with Crippen LogP contribution < -0.4 is 14.8 Å². The number of fused-ring (bicyclic) bond motifs is 1. The first-order chi connectivity index (χ1) is 14.7. The highest BCUT2D eigenvalue weighted by atomic mass is 16.5. The smallest absolute Gasteiger partial charge is 0.219 e. The van der Waals surface area contributed by atoms with Crippen LogP contribution in [0.1, 0.15) is 38.9 Å². The van der Waals surface area contributed by atoms with Crippen molar-refractivity contribution >= 4 is 16.9 Å². The molecule has 0 aliphatic carbocycles. The van der Waals surface area contributed by atoms with Gasteiger partial charge in [-0.3, -0.25) is 4.79 Å². The van der Waals surface area contributed by atoms with E-state index in [2.05, 4.69) is 16.0 Å². The topological polar surface area (TPSA) is 65.4 Å². The van der Waals surface area contributed by atoms with Gasteiger partial charge in [-0.1, -0.05) is 31.2 Å². The minimum Gasteiger partial charge on any atom is -0.490 e. The van der Waals surface area contributed by atoms with Crippen molar-refractivity contribution in [3.8, 4) is 11.5 Å². The zero-order chi connectivity index (χ0) is 21.2. The highest BCUT2D eigenvalue weighted by molar-refractivity contribution is 5.76. The Morgan fingerprint density at radius 1 is 1.03 bits per heavy atom. The summed E-state index contributed by atoms with van der Waals surface area (Å²) in [6.07, 6.45) is 3.11. The quantitative estimate of drug-likeness (QED) is 0.451. The Bertz CT molecular complexity index is 952. The maximum absolute atomic E-state index is 11.7. The van der Waals surface area contributed by atoms with Crippen molar-refractivity contribution in [3.63, 3.8) is 0 Å². The molecule has 0 bridgehead atoms. The summed E-state index contributed by atoms with van der Waals surface area (Å²) in [6.45, 7) is 6.46. The van der Waals surface area contributed by atoms with Crippen LogP contribution in [0.2, 0.25) is 0 Å². The number of benzene rings is 2. The van der Waals surface area contributed by atoms with Gasteiger partial charge in [0.15, 0.2) is 11.5 Å². The minimum atomic E-state index is 0.118. The molecule has 2 aromatic carbocycles. The second-order valence-corrected chi connectivity index (χ2v) is 7.10. The van der Waals surface area contributed by atoms with E-state index in [0.717, 1.165) is 47.6 Å². The number of aromatic nitrogens is 2. The van der Waals surface area contributed by atoms with Gasteiger partial charge in [0.05, 0.1) is 24.2 Å². The average Bonchev–Trinajstić information content (AvgIpc) is 3.10. The van der Waals surface area contributed by atoms with Crippen molar-refractivity contribution in [1.82, 2.24) is 14.9 Å². The molecular formula is C24H31N3O3. The number of amides is 1. The van der Waals surface area contributed by atoms with Gasteiger partial charge in [-0.25, -0.2) is 4.98 Å². The van der Waals surface area contributed by atoms with Gasteiger partial charge in [0, 0.05) is 19.4 Å². The van der Waals surface area contributed by atoms with Gasteiger partial charge >= 0.3 is 0 Å². The average molecular weight is 410 g/mol. The summed E-state index contributed by atoms with van der Waals surface area (Å²) in [5, 5.41) is 2.98. The lowest BCUT2D eigenvalue weighted by atomic mass is 10.2. The fraction of sp³-hybridized carbons (Fsp3) is 0.417. The molecule has 0 radical (unpaired) electrons. The molecule has 1 aromatic heterocycles. The fourth-order valence-corrected chi connectivity index (χ4v) is 3.45. The van der Waals surface area contributed by atoms with E-state index in [1.807, 2.05) is 56.3 Å². The number of hydrogen-bond acceptors (Lipinski definition) is 4. The molecular weight excluding hydrogens is 378 g/mol. The van der Waals surface area contributed by atoms with Gasteiger partial charge in [0.2, 0.25) is 5.91 Å². The standard InChI is InChI=1S/C24H31N3O3/c1-3-10-24(28)25-16-9-15-23-26-19-11-5-6-12-20(19)27(23)17-18-30-22-14-8-7-13-21(22)29-4-2/h5-8,11-14H,3-4,9-10,15-18H2,1-2H3,(H,25,28). The van der Waals surface area contributed by atoms with Gasteiger partial charge in [0.25, 0.3) is 0 Å². The van der Waals surface area contributed by atoms with Crippen molar-refractivity contribution in [1.29, 1.82) is 0 Å². The second-order valence-electron chi connectivity index (χ2n) is 7.10. The number of carbonyl (C=O) groups is 1. The third-order valence-electron chi connectivity index (χ3n) is 4.83. The number of rotatable bonds is 12. The molecule has 3 aromatic rings. The van der Waals surface area contributed by atoms with Gasteiger partial charge in [-0.05, 0) is 44.0 Å². The fourth-order valence-electron chi connectivity index (χ4n) is 3.45. The van der Waals surface area contributed by atoms with Crippen LogP contribution in [0.5, 0.6) is 11.5 Å². The van der Waals surface area contributed by atoms with Gasteiger partial charge in [-0.2, -0.15) is 0 Å². The zero-order valence-electron chi connectivity index (χ0n) is 17.9. The molecule has 160 valence electrons. The molecule has 1 amide bonds. The lowest BCUT2D eigenvalue weighted by molar-refractivity contribution is -0.121. The van der Waals surface area contributed by atoms with E-state index in [1.54, 1.807) is 0 Å². The molecule has 3 rings (SSSR count). The van der Waals surface area contributed by atoms with E-state index < -0.39 is 0 Å². The maximum atomic E-state index is 11.7. The molecule has 0 fully saturated rings. The van der Waals surface area contributed by atoms with Crippen LogP contribution in [0.25, 0.3) is 11.0 Å². The molecule has 30 heavy (non-hydrogen) atoms. The molecule has 0 saturated heterocycles. The molecule has 1 heterocycles. The number of para-hydroxylation sites is 4. The van der Waals surface area contributed by atoms with Crippen LogP contribution in [0.3, 0.4) is 0 Å². The molecule has 0 spiro atoms. The second kappa shape index (κ2) is 11.2. The van der Waals surface area contributed by atoms with E-state index in [0.29, 0.717) is 32.7 Å². The Labute approximate surface area is 178 Å². The predicted octanol–water partition coefficient (Wildman–Crippen LogP) is 4.36. The van der Waals surface area contributed by atoms with E-state index in [4.69, 9.17) is 14.5 Å². The first-order valence-electron chi connectivity index (χ1n) is 10.8. The SMILES string of the molecule is CCCC(=O)NCCCc1nc2ccccc2n1CCOc1ccccc1OCC. The number of hydrogen-bond donors (Lipinski definition) is 1. The number of aryl methyl sites for hydroxylation is 1. The summed E-state index contributed by atoms with van der Waals surface area (Å²) < 4.78 is 13.9. The third-order valence-corrected chi connectivity index (χ3v) is 4.83. The lowest BCUT2D eigenvalue weighted by Crippen LogP contribution is -2.24. The molecule has 1 N–H and O–H groups in total. The Hall–Kier alpha value is -3.02. The Kier molecular flexibility index (Phi) is 8.12. The van der Waals surface area contributed by atoms with Crippen LogP contribution in [0, 0.1) is 0 Å². The van der Waals surface area contributed by atoms with Crippen LogP contribution in [0.4, 0.5) is 0 Å². The molecule has 0 saturated carbocycles. The number of carbonyl (C=O) groups excluding carboxylic acids is 1. The predicted molar refractivity (Wildman–Crippen MR) is 119 cm³/mol. The maximum Gasteiger partial charge on any atom is 0.219 e. The van der Waals surface area contributed by atoms with Gasteiger partial charge in [-0.15, -0.1) is 0 Å². The minimum absolute atomic E-state index is 0.118. The molecule has 0 aliphatic heterocycles. The van der Waals surface area contributed by atoms with Crippen LogP contribution >= 0.6 is 0 Å². The van der Waals surface area contributed by atoms with Crippen LogP contribution in [-0.2, 0) is 17.8 Å². The summed E-state index contributed by atoms with van der Waals surface area (Å²) >= 11 is 0. The third kappa shape index (κ3) is 5.75. The van der Waals surface area contributed by atoms with Crippen LogP contribution in [-0.4, -0.2) is 35.2 Å². The summed E-state index contributed by atoms with van der Waals surface area (Å²) in [7, 11) is 0.